The Balaban J connectivity index is 2.09. The molecule has 1 aliphatic carbocycles. The van der Waals surface area contributed by atoms with Crippen molar-refractivity contribution in [2.24, 2.45) is 17.6 Å². The van der Waals surface area contributed by atoms with Crippen molar-refractivity contribution in [1.29, 1.82) is 5.26 Å². The normalized spacial score (nSPS) is 35.1. The van der Waals surface area contributed by atoms with Gasteiger partial charge in [0, 0.05) is 12.5 Å². The molecule has 0 radical (unpaired) electrons. The highest BCUT2D eigenvalue weighted by molar-refractivity contribution is 5.84. The van der Waals surface area contributed by atoms with E-state index in [0.717, 1.165) is 19.3 Å². The number of amides is 1. The molecule has 1 saturated carbocycles. The number of piperidine rings is 1. The van der Waals surface area contributed by atoms with Gasteiger partial charge in [-0.1, -0.05) is 20.3 Å². The number of likely N-dealkylation sites (tertiary alicyclic amines) is 1. The number of carbonyl (C=O) groups excluding carboxylic acids is 1. The molecular weight excluding hydrogens is 202 g/mol. The molecule has 2 rings (SSSR count). The van der Waals surface area contributed by atoms with Gasteiger partial charge in [0.15, 0.2) is 0 Å². The van der Waals surface area contributed by atoms with Crippen molar-refractivity contribution >= 4 is 5.91 Å². The van der Waals surface area contributed by atoms with E-state index in [-0.39, 0.29) is 11.8 Å². The summed E-state index contributed by atoms with van der Waals surface area (Å²) in [5, 5.41) is 9.18. The lowest BCUT2D eigenvalue weighted by Gasteiger charge is -2.28. The lowest BCUT2D eigenvalue weighted by Crippen LogP contribution is -2.50. The highest BCUT2D eigenvalue weighted by atomic mass is 16.2. The van der Waals surface area contributed by atoms with Crippen LogP contribution in [0.1, 0.15) is 33.1 Å². The first-order valence-electron chi connectivity index (χ1n) is 6.05. The zero-order valence-corrected chi connectivity index (χ0v) is 9.94. The molecule has 1 saturated heterocycles. The van der Waals surface area contributed by atoms with Gasteiger partial charge in [-0.25, -0.2) is 0 Å². The van der Waals surface area contributed by atoms with Crippen molar-refractivity contribution in [2.45, 2.75) is 44.7 Å². The molecule has 2 fully saturated rings. The van der Waals surface area contributed by atoms with Crippen molar-refractivity contribution in [1.82, 2.24) is 4.90 Å². The van der Waals surface area contributed by atoms with Crippen LogP contribution in [0.3, 0.4) is 0 Å². The molecule has 1 aliphatic heterocycles. The average Bonchev–Trinajstić information content (AvgIpc) is 2.93. The van der Waals surface area contributed by atoms with E-state index in [1.54, 1.807) is 4.90 Å². The third kappa shape index (κ3) is 1.42. The number of hydrogen-bond acceptors (Lipinski definition) is 3. The third-order valence-corrected chi connectivity index (χ3v) is 4.26. The number of nitrogens with two attached hydrogens (primary N) is 1. The van der Waals surface area contributed by atoms with Crippen LogP contribution in [0.25, 0.3) is 0 Å². The van der Waals surface area contributed by atoms with Crippen LogP contribution in [0, 0.1) is 23.2 Å². The summed E-state index contributed by atoms with van der Waals surface area (Å²) in [6, 6.07) is 1.86. The Morgan fingerprint density at radius 1 is 1.75 bits per heavy atom. The Labute approximate surface area is 96.4 Å². The SMILES string of the molecule is CC[C@H](C)[C@H](N)C(=O)N1CC[C@@H]2C[C@@]21C#N. The minimum Gasteiger partial charge on any atom is -0.322 e. The van der Waals surface area contributed by atoms with Crippen molar-refractivity contribution in [3.05, 3.63) is 0 Å². The smallest absolute Gasteiger partial charge is 0.241 e. The van der Waals surface area contributed by atoms with Crippen LogP contribution in [0.4, 0.5) is 0 Å². The molecule has 0 aromatic carbocycles. The Morgan fingerprint density at radius 3 is 2.94 bits per heavy atom. The van der Waals surface area contributed by atoms with Crippen molar-refractivity contribution < 1.29 is 4.79 Å². The number of hydrogen-bond donors (Lipinski definition) is 1. The van der Waals surface area contributed by atoms with Gasteiger partial charge in [-0.15, -0.1) is 0 Å². The molecule has 4 atom stereocenters. The summed E-state index contributed by atoms with van der Waals surface area (Å²) in [7, 11) is 0. The monoisotopic (exact) mass is 221 g/mol. The molecule has 88 valence electrons. The number of nitrogens with zero attached hydrogens (tertiary/aromatic N) is 2. The fourth-order valence-electron chi connectivity index (χ4n) is 2.65. The van der Waals surface area contributed by atoms with E-state index in [4.69, 9.17) is 5.73 Å². The van der Waals surface area contributed by atoms with Gasteiger partial charge in [0.05, 0.1) is 12.1 Å². The van der Waals surface area contributed by atoms with Crippen molar-refractivity contribution in [2.75, 3.05) is 6.54 Å². The van der Waals surface area contributed by atoms with E-state index in [2.05, 4.69) is 6.07 Å². The van der Waals surface area contributed by atoms with Gasteiger partial charge >= 0.3 is 0 Å². The average molecular weight is 221 g/mol. The number of fused-ring (bicyclic) bond motifs is 1. The van der Waals surface area contributed by atoms with Crippen LogP contribution in [0.2, 0.25) is 0 Å². The third-order valence-electron chi connectivity index (χ3n) is 4.26. The summed E-state index contributed by atoms with van der Waals surface area (Å²) in [4.78, 5) is 13.9. The summed E-state index contributed by atoms with van der Waals surface area (Å²) in [6.07, 6.45) is 2.71. The predicted octanol–water partition coefficient (Wildman–Crippen LogP) is 0.874. The maximum absolute atomic E-state index is 12.2. The Kier molecular flexibility index (Phi) is 2.67. The Morgan fingerprint density at radius 2 is 2.44 bits per heavy atom. The molecule has 2 aliphatic rings. The lowest BCUT2D eigenvalue weighted by atomic mass is 9.98. The van der Waals surface area contributed by atoms with E-state index < -0.39 is 11.6 Å². The van der Waals surface area contributed by atoms with Crippen LogP contribution in [-0.4, -0.2) is 28.9 Å². The molecular formula is C12H19N3O. The van der Waals surface area contributed by atoms with Gasteiger partial charge in [-0.2, -0.15) is 5.26 Å². The zero-order chi connectivity index (χ0) is 11.9. The molecule has 0 spiro atoms. The van der Waals surface area contributed by atoms with Crippen LogP contribution in [0.15, 0.2) is 0 Å². The van der Waals surface area contributed by atoms with Gasteiger partial charge in [0.1, 0.15) is 5.54 Å². The second-order valence-electron chi connectivity index (χ2n) is 5.13. The zero-order valence-electron chi connectivity index (χ0n) is 9.94. The molecule has 2 N–H and O–H groups in total. The van der Waals surface area contributed by atoms with Crippen LogP contribution < -0.4 is 5.73 Å². The molecule has 1 heterocycles. The van der Waals surface area contributed by atoms with Gasteiger partial charge in [-0.05, 0) is 18.8 Å². The molecule has 4 nitrogen and oxygen atoms in total. The fraction of sp³-hybridized carbons (Fsp3) is 0.833. The number of rotatable bonds is 3. The van der Waals surface area contributed by atoms with Gasteiger partial charge in [0.25, 0.3) is 0 Å². The molecule has 16 heavy (non-hydrogen) atoms. The number of nitriles is 1. The van der Waals surface area contributed by atoms with E-state index in [9.17, 15) is 10.1 Å². The summed E-state index contributed by atoms with van der Waals surface area (Å²) in [5.41, 5.74) is 5.46. The van der Waals surface area contributed by atoms with Gasteiger partial charge < -0.3 is 10.6 Å². The largest absolute Gasteiger partial charge is 0.322 e. The molecule has 4 heteroatoms. The first kappa shape index (κ1) is 11.4. The maximum atomic E-state index is 12.2. The second kappa shape index (κ2) is 3.74. The van der Waals surface area contributed by atoms with Gasteiger partial charge in [-0.3, -0.25) is 4.79 Å². The standard InChI is InChI=1S/C12H19N3O/c1-3-8(2)10(14)11(16)15-5-4-9-6-12(9,15)7-13/h8-10H,3-6,14H2,1-2H3/t8-,9+,10-,12+/m0/s1. The molecule has 0 aromatic heterocycles. The first-order valence-corrected chi connectivity index (χ1v) is 6.05. The quantitative estimate of drug-likeness (QED) is 0.769. The lowest BCUT2D eigenvalue weighted by molar-refractivity contribution is -0.134. The highest BCUT2D eigenvalue weighted by Crippen LogP contribution is 2.55. The minimum atomic E-state index is -0.484. The van der Waals surface area contributed by atoms with Crippen molar-refractivity contribution in [3.8, 4) is 6.07 Å². The minimum absolute atomic E-state index is 0.0316. The summed E-state index contributed by atoms with van der Waals surface area (Å²) >= 11 is 0. The van der Waals surface area contributed by atoms with Crippen LogP contribution in [0.5, 0.6) is 0 Å². The predicted molar refractivity (Wildman–Crippen MR) is 60.2 cm³/mol. The van der Waals surface area contributed by atoms with Crippen molar-refractivity contribution in [3.63, 3.8) is 0 Å². The van der Waals surface area contributed by atoms with E-state index in [0.29, 0.717) is 12.5 Å². The second-order valence-corrected chi connectivity index (χ2v) is 5.13. The Bertz CT molecular complexity index is 349. The summed E-state index contributed by atoms with van der Waals surface area (Å²) in [5.74, 6) is 0.558. The molecule has 0 bridgehead atoms. The molecule has 0 aromatic rings. The highest BCUT2D eigenvalue weighted by Gasteiger charge is 2.64. The van der Waals surface area contributed by atoms with E-state index >= 15 is 0 Å². The number of carbonyl (C=O) groups is 1. The molecule has 1 amide bonds. The summed E-state index contributed by atoms with van der Waals surface area (Å²) < 4.78 is 0. The van der Waals surface area contributed by atoms with Crippen LogP contribution in [-0.2, 0) is 4.79 Å². The first-order chi connectivity index (χ1) is 7.56. The van der Waals surface area contributed by atoms with E-state index in [1.165, 1.54) is 0 Å². The van der Waals surface area contributed by atoms with Crippen LogP contribution >= 0.6 is 0 Å². The van der Waals surface area contributed by atoms with E-state index in [1.807, 2.05) is 13.8 Å². The fourth-order valence-corrected chi connectivity index (χ4v) is 2.65. The molecule has 0 unspecified atom stereocenters. The topological polar surface area (TPSA) is 70.1 Å². The Hall–Kier alpha value is -1.08. The van der Waals surface area contributed by atoms with Gasteiger partial charge in [0.2, 0.25) is 5.91 Å². The maximum Gasteiger partial charge on any atom is 0.241 e. The summed E-state index contributed by atoms with van der Waals surface area (Å²) in [6.45, 7) is 4.73.